The lowest BCUT2D eigenvalue weighted by Crippen LogP contribution is -2.51. The van der Waals surface area contributed by atoms with Gasteiger partial charge in [-0.2, -0.15) is 9.97 Å². The Balaban J connectivity index is 1.24. The van der Waals surface area contributed by atoms with E-state index in [1.165, 1.54) is 6.07 Å². The van der Waals surface area contributed by atoms with E-state index < -0.39 is 17.8 Å². The van der Waals surface area contributed by atoms with Gasteiger partial charge in [0.2, 0.25) is 0 Å². The van der Waals surface area contributed by atoms with Crippen LogP contribution in [0.5, 0.6) is 11.8 Å². The minimum atomic E-state index is -2.50. The number of benzene rings is 2. The third kappa shape index (κ3) is 4.91. The number of anilines is 1. The average molecular weight is 627 g/mol. The summed E-state index contributed by atoms with van der Waals surface area (Å²) in [5.41, 5.74) is 1.24. The number of nitrogens with one attached hydrogen (secondary N) is 1. The molecule has 0 amide bonds. The van der Waals surface area contributed by atoms with E-state index in [0.29, 0.717) is 76.8 Å². The van der Waals surface area contributed by atoms with Gasteiger partial charge in [-0.1, -0.05) is 23.6 Å². The number of rotatable bonds is 6. The molecule has 8 rings (SSSR count). The average Bonchev–Trinajstić information content (AvgIpc) is 3.69. The number of phenolic OH excluding ortho intramolecular Hbond substituents is 1. The van der Waals surface area contributed by atoms with Crippen molar-refractivity contribution in [2.45, 2.75) is 56.2 Å². The maximum Gasteiger partial charge on any atom is 0.319 e. The number of hydrogen-bond acceptors (Lipinski definition) is 8. The number of phenols is 1. The summed E-state index contributed by atoms with van der Waals surface area (Å²) in [6.45, 7) is 2.90. The molecule has 0 radical (unpaired) electrons. The van der Waals surface area contributed by atoms with Crippen LogP contribution in [-0.2, 0) is 0 Å². The number of terminal acetylenes is 1. The van der Waals surface area contributed by atoms with Crippen LogP contribution in [0.4, 0.5) is 19.0 Å². The minimum Gasteiger partial charge on any atom is -0.508 e. The van der Waals surface area contributed by atoms with Gasteiger partial charge in [-0.25, -0.2) is 13.2 Å². The van der Waals surface area contributed by atoms with E-state index in [1.54, 1.807) is 30.5 Å². The third-order valence-electron chi connectivity index (χ3n) is 10.1. The number of hydrogen-bond donors (Lipinski definition) is 2. The maximum atomic E-state index is 16.8. The Kier molecular flexibility index (Phi) is 7.03. The van der Waals surface area contributed by atoms with Crippen LogP contribution in [0.25, 0.3) is 32.9 Å². The normalized spacial score (nSPS) is 25.2. The summed E-state index contributed by atoms with van der Waals surface area (Å²) in [5, 5.41) is 15.9. The highest BCUT2D eigenvalue weighted by Crippen LogP contribution is 2.43. The number of allylic oxidation sites excluding steroid dienone is 1. The molecule has 8 nitrogen and oxygen atoms in total. The summed E-state index contributed by atoms with van der Waals surface area (Å²) in [6.07, 6.45) is 10.3. The Morgan fingerprint density at radius 1 is 1.20 bits per heavy atom. The zero-order valence-electron chi connectivity index (χ0n) is 25.1. The predicted octanol–water partition coefficient (Wildman–Crippen LogP) is 5.42. The van der Waals surface area contributed by atoms with Crippen molar-refractivity contribution in [3.63, 3.8) is 0 Å². The lowest BCUT2D eigenvalue weighted by molar-refractivity contribution is 0.108. The first kappa shape index (κ1) is 29.0. The van der Waals surface area contributed by atoms with Gasteiger partial charge in [0.15, 0.2) is 5.82 Å². The number of alkyl halides is 2. The molecule has 46 heavy (non-hydrogen) atoms. The third-order valence-corrected chi connectivity index (χ3v) is 10.1. The van der Waals surface area contributed by atoms with Crippen LogP contribution in [0, 0.1) is 18.2 Å². The van der Waals surface area contributed by atoms with Crippen molar-refractivity contribution in [3.05, 3.63) is 59.6 Å². The highest BCUT2D eigenvalue weighted by molar-refractivity contribution is 6.02. The lowest BCUT2D eigenvalue weighted by atomic mass is 9.93. The zero-order chi connectivity index (χ0) is 31.6. The van der Waals surface area contributed by atoms with Gasteiger partial charge in [0.05, 0.1) is 10.9 Å². The van der Waals surface area contributed by atoms with Gasteiger partial charge >= 0.3 is 6.01 Å². The van der Waals surface area contributed by atoms with E-state index in [9.17, 15) is 13.9 Å². The van der Waals surface area contributed by atoms with E-state index in [2.05, 4.69) is 31.0 Å². The van der Waals surface area contributed by atoms with Crippen LogP contribution in [0.2, 0.25) is 0 Å². The van der Waals surface area contributed by atoms with Crippen molar-refractivity contribution in [3.8, 4) is 35.4 Å². The number of aromatic nitrogens is 3. The molecule has 6 heterocycles. The first-order valence-corrected chi connectivity index (χ1v) is 15.8. The Labute approximate surface area is 264 Å². The summed E-state index contributed by atoms with van der Waals surface area (Å²) < 4.78 is 49.5. The van der Waals surface area contributed by atoms with E-state index in [1.807, 2.05) is 0 Å². The second-order valence-electron chi connectivity index (χ2n) is 13.0. The first-order chi connectivity index (χ1) is 22.3. The van der Waals surface area contributed by atoms with Crippen molar-refractivity contribution < 1.29 is 23.0 Å². The monoisotopic (exact) mass is 626 g/mol. The van der Waals surface area contributed by atoms with E-state index in [0.717, 1.165) is 38.3 Å². The summed E-state index contributed by atoms with van der Waals surface area (Å²) in [6, 6.07) is 9.04. The number of ether oxygens (including phenoxy) is 1. The van der Waals surface area contributed by atoms with Crippen molar-refractivity contribution in [2.24, 2.45) is 0 Å². The second kappa shape index (κ2) is 11.1. The van der Waals surface area contributed by atoms with Crippen LogP contribution in [-0.4, -0.2) is 81.8 Å². The topological polar surface area (TPSA) is 86.6 Å². The van der Waals surface area contributed by atoms with Gasteiger partial charge < -0.3 is 20.1 Å². The molecular weight excluding hydrogens is 593 g/mol. The fourth-order valence-corrected chi connectivity index (χ4v) is 8.07. The quantitative estimate of drug-likeness (QED) is 0.217. The van der Waals surface area contributed by atoms with Crippen LogP contribution < -0.4 is 15.0 Å². The molecule has 0 saturated carbocycles. The molecule has 4 aliphatic rings. The maximum absolute atomic E-state index is 16.8. The molecule has 1 unspecified atom stereocenters. The van der Waals surface area contributed by atoms with Crippen molar-refractivity contribution >= 4 is 27.5 Å². The lowest BCUT2D eigenvalue weighted by Gasteiger charge is -2.34. The van der Waals surface area contributed by atoms with Gasteiger partial charge in [-0.05, 0) is 68.3 Å². The summed E-state index contributed by atoms with van der Waals surface area (Å²) in [4.78, 5) is 18.4. The first-order valence-electron chi connectivity index (χ1n) is 15.8. The van der Waals surface area contributed by atoms with Crippen molar-refractivity contribution in [1.82, 2.24) is 25.2 Å². The highest BCUT2D eigenvalue weighted by Gasteiger charge is 2.47. The summed E-state index contributed by atoms with van der Waals surface area (Å²) >= 11 is 0. The number of pyridine rings is 1. The Bertz CT molecular complexity index is 1930. The molecule has 11 heteroatoms. The largest absolute Gasteiger partial charge is 0.508 e. The minimum absolute atomic E-state index is 0.00483. The molecule has 4 aromatic rings. The molecule has 2 N–H and O–H groups in total. The molecule has 236 valence electrons. The molecule has 2 aromatic heterocycles. The van der Waals surface area contributed by atoms with Gasteiger partial charge in [0.1, 0.15) is 29.4 Å². The Hall–Kier alpha value is -4.40. The highest BCUT2D eigenvalue weighted by atomic mass is 19.3. The Morgan fingerprint density at radius 3 is 2.80 bits per heavy atom. The predicted molar refractivity (Wildman–Crippen MR) is 170 cm³/mol. The summed E-state index contributed by atoms with van der Waals surface area (Å²) in [5.74, 6) is 2.50. The molecule has 0 spiro atoms. The standard InChI is InChI=1S/C35H33F3N6O2/c1-2-21-5-3-6-22-12-25(45)13-26(29(21)22)31-30(38)32-27(15-39-31)33(43-17-23-7-8-24(18-43)40-23)42-34(41-32)46-19-35-9-4-10-44(35)16-20(14-35)11-28(36)37/h1,3,5-6,11-13,15,23-24,28,40,45H,4,7-10,14,16-19H2/b20-11+/t23-,24+,35?. The molecule has 3 atom stereocenters. The van der Waals surface area contributed by atoms with Gasteiger partial charge in [0, 0.05) is 54.4 Å². The van der Waals surface area contributed by atoms with Crippen LogP contribution >= 0.6 is 0 Å². The second-order valence-corrected chi connectivity index (χ2v) is 13.0. The van der Waals surface area contributed by atoms with Crippen LogP contribution in [0.15, 0.2) is 48.2 Å². The molecule has 4 fully saturated rings. The molecule has 4 saturated heterocycles. The molecule has 0 aliphatic carbocycles. The fourth-order valence-electron chi connectivity index (χ4n) is 8.07. The van der Waals surface area contributed by atoms with Crippen LogP contribution in [0.3, 0.4) is 0 Å². The van der Waals surface area contributed by atoms with E-state index >= 15 is 4.39 Å². The van der Waals surface area contributed by atoms with Gasteiger partial charge in [-0.15, -0.1) is 6.42 Å². The smallest absolute Gasteiger partial charge is 0.319 e. The molecule has 4 aliphatic heterocycles. The van der Waals surface area contributed by atoms with Gasteiger partial charge in [0.25, 0.3) is 6.43 Å². The van der Waals surface area contributed by atoms with E-state index in [-0.39, 0.29) is 29.6 Å². The molecule has 2 bridgehead atoms. The number of nitrogens with zero attached hydrogens (tertiary/aromatic N) is 5. The zero-order valence-corrected chi connectivity index (χ0v) is 25.1. The van der Waals surface area contributed by atoms with Gasteiger partial charge in [-0.3, -0.25) is 9.88 Å². The Morgan fingerprint density at radius 2 is 2.02 bits per heavy atom. The van der Waals surface area contributed by atoms with E-state index in [4.69, 9.17) is 16.1 Å². The van der Waals surface area contributed by atoms with Crippen LogP contribution in [0.1, 0.15) is 37.7 Å². The molecular formula is C35H33F3N6O2. The number of halogens is 3. The SMILES string of the molecule is C#Cc1cccc2cc(O)cc(-c3ncc4c(N5C[C@H]6CC[C@@H](C5)N6)nc(OCC56CCCN5C/C(=C/C(F)F)C6)nc4c3F)c12. The number of fused-ring (bicyclic) bond motifs is 5. The van der Waals surface area contributed by atoms with Crippen molar-refractivity contribution in [2.75, 3.05) is 37.7 Å². The summed E-state index contributed by atoms with van der Waals surface area (Å²) in [7, 11) is 0. The number of piperazine rings is 1. The fraction of sp³-hybridized carbons (Fsp3) is 0.400. The number of aromatic hydroxyl groups is 1. The molecule has 2 aromatic carbocycles. The van der Waals surface area contributed by atoms with Crippen molar-refractivity contribution in [1.29, 1.82) is 0 Å².